The summed E-state index contributed by atoms with van der Waals surface area (Å²) in [6.45, 7) is 1.43. The van der Waals surface area contributed by atoms with E-state index in [2.05, 4.69) is 10.3 Å². The van der Waals surface area contributed by atoms with E-state index >= 15 is 0 Å². The van der Waals surface area contributed by atoms with E-state index < -0.39 is 0 Å². The van der Waals surface area contributed by atoms with Crippen LogP contribution in [0, 0.1) is 0 Å². The summed E-state index contributed by atoms with van der Waals surface area (Å²) in [5.74, 6) is 0.286. The number of nitrogens with zero attached hydrogens (tertiary/aromatic N) is 1. The first-order chi connectivity index (χ1) is 11.2. The molecule has 1 aromatic carbocycles. The Morgan fingerprint density at radius 3 is 2.78 bits per heavy atom. The normalized spacial score (nSPS) is 15.2. The number of rotatable bonds is 4. The zero-order valence-electron chi connectivity index (χ0n) is 12.5. The maximum atomic E-state index is 12.2. The number of ether oxygens (including phenoxy) is 2. The van der Waals surface area contributed by atoms with Crippen LogP contribution in [-0.4, -0.2) is 30.2 Å². The number of anilines is 1. The van der Waals surface area contributed by atoms with Crippen LogP contribution >= 0.6 is 11.6 Å². The van der Waals surface area contributed by atoms with E-state index in [0.717, 1.165) is 12.8 Å². The minimum atomic E-state index is -0.239. The predicted octanol–water partition coefficient (Wildman–Crippen LogP) is 3.55. The monoisotopic (exact) mass is 332 g/mol. The number of pyridine rings is 1. The van der Waals surface area contributed by atoms with Crippen molar-refractivity contribution in [3.8, 4) is 5.88 Å². The molecule has 0 atom stereocenters. The van der Waals surface area contributed by atoms with Gasteiger partial charge in [-0.15, -0.1) is 0 Å². The van der Waals surface area contributed by atoms with Crippen molar-refractivity contribution < 1.29 is 14.3 Å². The Hall–Kier alpha value is -2.11. The van der Waals surface area contributed by atoms with Crippen molar-refractivity contribution in [3.63, 3.8) is 0 Å². The Morgan fingerprint density at radius 1 is 1.26 bits per heavy atom. The lowest BCUT2D eigenvalue weighted by molar-refractivity contribution is 0.0237. The average molecular weight is 333 g/mol. The molecule has 0 radical (unpaired) electrons. The van der Waals surface area contributed by atoms with E-state index in [1.165, 1.54) is 6.20 Å². The number of benzene rings is 1. The summed E-state index contributed by atoms with van der Waals surface area (Å²) in [4.78, 5) is 16.4. The van der Waals surface area contributed by atoms with Crippen LogP contribution in [0.5, 0.6) is 5.88 Å². The third-order valence-electron chi connectivity index (χ3n) is 3.54. The van der Waals surface area contributed by atoms with Gasteiger partial charge in [-0.1, -0.05) is 17.7 Å². The molecule has 0 bridgehead atoms. The maximum absolute atomic E-state index is 12.2. The summed E-state index contributed by atoms with van der Waals surface area (Å²) in [7, 11) is 0. The van der Waals surface area contributed by atoms with Crippen molar-refractivity contribution in [1.29, 1.82) is 0 Å². The molecule has 1 aliphatic rings. The minimum Gasteiger partial charge on any atom is -0.474 e. The molecule has 120 valence electrons. The van der Waals surface area contributed by atoms with Gasteiger partial charge in [0.1, 0.15) is 6.10 Å². The Balaban J connectivity index is 1.60. The molecule has 2 aromatic rings. The van der Waals surface area contributed by atoms with Crippen LogP contribution in [0.4, 0.5) is 5.69 Å². The average Bonchev–Trinajstić information content (AvgIpc) is 2.56. The lowest BCUT2D eigenvalue weighted by Crippen LogP contribution is -2.26. The van der Waals surface area contributed by atoms with Crippen LogP contribution in [-0.2, 0) is 4.74 Å². The first-order valence-corrected chi connectivity index (χ1v) is 7.86. The van der Waals surface area contributed by atoms with Crippen molar-refractivity contribution in [3.05, 3.63) is 53.2 Å². The van der Waals surface area contributed by atoms with E-state index in [9.17, 15) is 4.79 Å². The van der Waals surface area contributed by atoms with Gasteiger partial charge in [0.2, 0.25) is 5.88 Å². The molecule has 1 amide bonds. The van der Waals surface area contributed by atoms with Crippen molar-refractivity contribution in [2.45, 2.75) is 18.9 Å². The predicted molar refractivity (Wildman–Crippen MR) is 88.1 cm³/mol. The van der Waals surface area contributed by atoms with Crippen molar-refractivity contribution in [2.24, 2.45) is 0 Å². The summed E-state index contributed by atoms with van der Waals surface area (Å²) in [5.41, 5.74) is 1.11. The molecule has 1 aromatic heterocycles. The lowest BCUT2D eigenvalue weighted by Gasteiger charge is -2.22. The molecule has 0 saturated carbocycles. The zero-order valence-corrected chi connectivity index (χ0v) is 13.3. The number of amides is 1. The van der Waals surface area contributed by atoms with Crippen LogP contribution in [0.15, 0.2) is 42.6 Å². The van der Waals surface area contributed by atoms with Gasteiger partial charge in [-0.05, 0) is 24.3 Å². The fraction of sp³-hybridized carbons (Fsp3) is 0.294. The highest BCUT2D eigenvalue weighted by Crippen LogP contribution is 2.18. The molecule has 1 saturated heterocycles. The van der Waals surface area contributed by atoms with Crippen molar-refractivity contribution >= 4 is 23.2 Å². The number of carbonyl (C=O) groups is 1. The Morgan fingerprint density at radius 2 is 2.09 bits per heavy atom. The van der Waals surface area contributed by atoms with Crippen LogP contribution in [0.25, 0.3) is 0 Å². The summed E-state index contributed by atoms with van der Waals surface area (Å²) >= 11 is 5.90. The fourth-order valence-electron chi connectivity index (χ4n) is 2.32. The molecule has 2 heterocycles. The third-order valence-corrected chi connectivity index (χ3v) is 3.77. The van der Waals surface area contributed by atoms with Gasteiger partial charge < -0.3 is 14.8 Å². The van der Waals surface area contributed by atoms with E-state index in [0.29, 0.717) is 35.4 Å². The van der Waals surface area contributed by atoms with Crippen LogP contribution in [0.3, 0.4) is 0 Å². The SMILES string of the molecule is O=C(Nc1cccc(Cl)c1)c1ccc(OC2CCOCC2)nc1. The Bertz CT molecular complexity index is 670. The largest absolute Gasteiger partial charge is 0.474 e. The summed E-state index contributed by atoms with van der Waals surface area (Å²) in [6.07, 6.45) is 3.36. The van der Waals surface area contributed by atoms with Gasteiger partial charge >= 0.3 is 0 Å². The van der Waals surface area contributed by atoms with E-state index in [1.807, 2.05) is 0 Å². The van der Waals surface area contributed by atoms with Gasteiger partial charge in [-0.25, -0.2) is 4.98 Å². The van der Waals surface area contributed by atoms with Gasteiger partial charge in [-0.3, -0.25) is 4.79 Å². The molecule has 6 heteroatoms. The third kappa shape index (κ3) is 4.43. The summed E-state index contributed by atoms with van der Waals surface area (Å²) < 4.78 is 11.1. The number of hydrogen-bond acceptors (Lipinski definition) is 4. The second-order valence-electron chi connectivity index (χ2n) is 5.28. The van der Waals surface area contributed by atoms with Gasteiger partial charge in [0, 0.05) is 35.8 Å². The number of halogens is 1. The van der Waals surface area contributed by atoms with Crippen LogP contribution < -0.4 is 10.1 Å². The second kappa shape index (κ2) is 7.44. The molecule has 23 heavy (non-hydrogen) atoms. The summed E-state index contributed by atoms with van der Waals surface area (Å²) in [5, 5.41) is 3.35. The second-order valence-corrected chi connectivity index (χ2v) is 5.72. The maximum Gasteiger partial charge on any atom is 0.257 e. The standard InChI is InChI=1S/C17H17ClN2O3/c18-13-2-1-3-14(10-13)20-17(21)12-4-5-16(19-11-12)23-15-6-8-22-9-7-15/h1-5,10-11,15H,6-9H2,(H,20,21). The molecule has 1 aliphatic heterocycles. The van der Waals surface area contributed by atoms with Crippen molar-refractivity contribution in [2.75, 3.05) is 18.5 Å². The van der Waals surface area contributed by atoms with Crippen molar-refractivity contribution in [1.82, 2.24) is 4.98 Å². The highest BCUT2D eigenvalue weighted by Gasteiger charge is 2.16. The van der Waals surface area contributed by atoms with Gasteiger partial charge in [0.15, 0.2) is 0 Å². The Kier molecular flexibility index (Phi) is 5.10. The minimum absolute atomic E-state index is 0.127. The lowest BCUT2D eigenvalue weighted by atomic mass is 10.1. The number of carbonyl (C=O) groups excluding carboxylic acids is 1. The molecule has 0 aliphatic carbocycles. The molecule has 1 N–H and O–H groups in total. The van der Waals surface area contributed by atoms with Crippen LogP contribution in [0.2, 0.25) is 5.02 Å². The van der Waals surface area contributed by atoms with Crippen LogP contribution in [0.1, 0.15) is 23.2 Å². The number of nitrogens with one attached hydrogen (secondary N) is 1. The van der Waals surface area contributed by atoms with E-state index in [-0.39, 0.29) is 12.0 Å². The highest BCUT2D eigenvalue weighted by molar-refractivity contribution is 6.30. The first-order valence-electron chi connectivity index (χ1n) is 7.48. The van der Waals surface area contributed by atoms with Gasteiger partial charge in [0.25, 0.3) is 5.91 Å². The molecule has 5 nitrogen and oxygen atoms in total. The Labute approximate surface area is 139 Å². The quantitative estimate of drug-likeness (QED) is 0.930. The fourth-order valence-corrected chi connectivity index (χ4v) is 2.51. The van der Waals surface area contributed by atoms with E-state index in [1.54, 1.807) is 36.4 Å². The molecular weight excluding hydrogens is 316 g/mol. The van der Waals surface area contributed by atoms with Gasteiger partial charge in [-0.2, -0.15) is 0 Å². The topological polar surface area (TPSA) is 60.5 Å². The smallest absolute Gasteiger partial charge is 0.257 e. The van der Waals surface area contributed by atoms with E-state index in [4.69, 9.17) is 21.1 Å². The molecular formula is C17H17ClN2O3. The molecule has 0 unspecified atom stereocenters. The summed E-state index contributed by atoms with van der Waals surface area (Å²) in [6, 6.07) is 10.4. The molecule has 3 rings (SSSR count). The molecule has 1 fully saturated rings. The zero-order chi connectivity index (χ0) is 16.1. The highest BCUT2D eigenvalue weighted by atomic mass is 35.5. The molecule has 0 spiro atoms. The number of hydrogen-bond donors (Lipinski definition) is 1. The first kappa shape index (κ1) is 15.8. The van der Waals surface area contributed by atoms with Gasteiger partial charge in [0.05, 0.1) is 18.8 Å². The number of aromatic nitrogens is 1.